The minimum atomic E-state index is -0.311. The summed E-state index contributed by atoms with van der Waals surface area (Å²) in [6.07, 6.45) is 16.1. The van der Waals surface area contributed by atoms with Gasteiger partial charge in [0.05, 0.1) is 17.6 Å². The molecule has 0 atom stereocenters. The molecule has 0 bridgehead atoms. The molecular weight excluding hydrogens is 454 g/mol. The van der Waals surface area contributed by atoms with Crippen molar-refractivity contribution >= 4 is 23.6 Å². The number of amides is 2. The first-order valence-electron chi connectivity index (χ1n) is 12.0. The van der Waals surface area contributed by atoms with Crippen LogP contribution in [-0.4, -0.2) is 42.4 Å². The number of hydrogen-bond acceptors (Lipinski definition) is 5. The highest BCUT2D eigenvalue weighted by atomic mass is 16.2. The molecule has 36 heavy (non-hydrogen) atoms. The van der Waals surface area contributed by atoms with Gasteiger partial charge in [-0.1, -0.05) is 31.0 Å². The lowest BCUT2D eigenvalue weighted by Crippen LogP contribution is -2.35. The van der Waals surface area contributed by atoms with Gasteiger partial charge in [-0.05, 0) is 43.2 Å². The van der Waals surface area contributed by atoms with E-state index in [4.69, 9.17) is 5.10 Å². The van der Waals surface area contributed by atoms with Crippen LogP contribution < -0.4 is 10.6 Å². The molecule has 2 N–H and O–H groups in total. The van der Waals surface area contributed by atoms with Crippen LogP contribution in [0, 0.1) is 0 Å². The lowest BCUT2D eigenvalue weighted by Gasteiger charge is -2.11. The summed E-state index contributed by atoms with van der Waals surface area (Å²) in [5, 5.41) is 14.7. The van der Waals surface area contributed by atoms with Gasteiger partial charge in [0.2, 0.25) is 11.8 Å². The fraction of sp³-hybridized carbons (Fsp3) is 0.222. The highest BCUT2D eigenvalue weighted by molar-refractivity contribution is 6.02. The molecule has 9 nitrogen and oxygen atoms in total. The predicted molar refractivity (Wildman–Crippen MR) is 137 cm³/mol. The quantitative estimate of drug-likeness (QED) is 0.372. The molecule has 1 fully saturated rings. The Bertz CT molecular complexity index is 1350. The van der Waals surface area contributed by atoms with Crippen LogP contribution in [0.4, 0.5) is 5.69 Å². The lowest BCUT2D eigenvalue weighted by molar-refractivity contribution is -0.122. The Morgan fingerprint density at radius 3 is 2.64 bits per heavy atom. The smallest absolute Gasteiger partial charge is 0.248 e. The molecule has 182 valence electrons. The van der Waals surface area contributed by atoms with Gasteiger partial charge < -0.3 is 10.6 Å². The highest BCUT2D eigenvalue weighted by Gasteiger charge is 2.17. The van der Waals surface area contributed by atoms with E-state index < -0.39 is 0 Å². The van der Waals surface area contributed by atoms with E-state index in [-0.39, 0.29) is 24.4 Å². The Hall–Kier alpha value is -4.53. The molecule has 3 aromatic heterocycles. The van der Waals surface area contributed by atoms with Gasteiger partial charge in [0.1, 0.15) is 12.2 Å². The molecule has 0 unspecified atom stereocenters. The number of anilines is 1. The summed E-state index contributed by atoms with van der Waals surface area (Å²) in [6, 6.07) is 13.8. The first kappa shape index (κ1) is 23.2. The molecule has 1 aromatic carbocycles. The largest absolute Gasteiger partial charge is 0.352 e. The van der Waals surface area contributed by atoms with E-state index in [1.54, 1.807) is 29.3 Å². The third-order valence-electron chi connectivity index (χ3n) is 6.04. The normalized spacial score (nSPS) is 13.8. The number of aromatic nitrogens is 5. The molecule has 9 heteroatoms. The topological polar surface area (TPSA) is 107 Å². The van der Waals surface area contributed by atoms with Crippen molar-refractivity contribution in [2.24, 2.45) is 0 Å². The van der Waals surface area contributed by atoms with Crippen LogP contribution in [-0.2, 0) is 16.1 Å². The van der Waals surface area contributed by atoms with Gasteiger partial charge >= 0.3 is 0 Å². The summed E-state index contributed by atoms with van der Waals surface area (Å²) in [6.45, 7) is 0.120. The van der Waals surface area contributed by atoms with Gasteiger partial charge in [0.15, 0.2) is 0 Å². The number of benzene rings is 1. The molecule has 1 aliphatic rings. The average Bonchev–Trinajstić information content (AvgIpc) is 3.66. The van der Waals surface area contributed by atoms with Crippen molar-refractivity contribution in [2.75, 3.05) is 5.32 Å². The van der Waals surface area contributed by atoms with Crippen molar-refractivity contribution in [3.05, 3.63) is 85.1 Å². The molecule has 0 saturated heterocycles. The molecule has 1 aliphatic carbocycles. The average molecular weight is 482 g/mol. The molecule has 1 saturated carbocycles. The van der Waals surface area contributed by atoms with Crippen molar-refractivity contribution in [1.82, 2.24) is 29.9 Å². The summed E-state index contributed by atoms with van der Waals surface area (Å²) in [5.41, 5.74) is 3.78. The van der Waals surface area contributed by atoms with Crippen LogP contribution in [0.3, 0.4) is 0 Å². The van der Waals surface area contributed by atoms with Gasteiger partial charge in [0, 0.05) is 48.0 Å². The molecular formula is C27H27N7O2. The van der Waals surface area contributed by atoms with Crippen LogP contribution in [0.25, 0.3) is 23.0 Å². The number of rotatable bonds is 8. The van der Waals surface area contributed by atoms with Gasteiger partial charge in [-0.25, -0.2) is 4.68 Å². The van der Waals surface area contributed by atoms with Crippen molar-refractivity contribution in [3.63, 3.8) is 0 Å². The van der Waals surface area contributed by atoms with Crippen molar-refractivity contribution in [3.8, 4) is 16.9 Å². The third-order valence-corrected chi connectivity index (χ3v) is 6.04. The number of pyridine rings is 1. The van der Waals surface area contributed by atoms with Gasteiger partial charge in [-0.15, -0.1) is 0 Å². The number of carbonyl (C=O) groups excluding carboxylic acids is 2. The van der Waals surface area contributed by atoms with Crippen LogP contribution in [0.1, 0.15) is 31.2 Å². The minimum absolute atomic E-state index is 0.0684. The fourth-order valence-corrected chi connectivity index (χ4v) is 4.30. The number of carbonyl (C=O) groups is 2. The van der Waals surface area contributed by atoms with Gasteiger partial charge in [-0.2, -0.15) is 10.2 Å². The molecule has 0 radical (unpaired) electrons. The van der Waals surface area contributed by atoms with Gasteiger partial charge in [0.25, 0.3) is 0 Å². The Balaban J connectivity index is 1.26. The molecule has 3 heterocycles. The number of nitrogens with zero attached hydrogens (tertiary/aromatic N) is 5. The summed E-state index contributed by atoms with van der Waals surface area (Å²) in [4.78, 5) is 29.0. The van der Waals surface area contributed by atoms with Crippen molar-refractivity contribution in [1.29, 1.82) is 0 Å². The maximum absolute atomic E-state index is 12.6. The first-order chi connectivity index (χ1) is 17.6. The van der Waals surface area contributed by atoms with Crippen molar-refractivity contribution < 1.29 is 9.59 Å². The van der Waals surface area contributed by atoms with E-state index in [1.165, 1.54) is 17.0 Å². The van der Waals surface area contributed by atoms with E-state index in [1.807, 2.05) is 48.7 Å². The highest BCUT2D eigenvalue weighted by Crippen LogP contribution is 2.24. The van der Waals surface area contributed by atoms with E-state index >= 15 is 0 Å². The summed E-state index contributed by atoms with van der Waals surface area (Å²) in [5.74, 6) is -0.379. The maximum Gasteiger partial charge on any atom is 0.248 e. The predicted octanol–water partition coefficient (Wildman–Crippen LogP) is 3.84. The third kappa shape index (κ3) is 5.75. The van der Waals surface area contributed by atoms with Crippen molar-refractivity contribution in [2.45, 2.75) is 38.3 Å². The zero-order valence-corrected chi connectivity index (χ0v) is 19.7. The Morgan fingerprint density at radius 1 is 1.03 bits per heavy atom. The summed E-state index contributed by atoms with van der Waals surface area (Å²) < 4.78 is 3.30. The minimum Gasteiger partial charge on any atom is -0.352 e. The fourth-order valence-electron chi connectivity index (χ4n) is 4.30. The Labute approximate surface area is 208 Å². The first-order valence-corrected chi connectivity index (χ1v) is 12.0. The Morgan fingerprint density at radius 2 is 1.86 bits per heavy atom. The number of para-hydroxylation sites is 1. The van der Waals surface area contributed by atoms with E-state index in [9.17, 15) is 9.59 Å². The molecule has 0 spiro atoms. The van der Waals surface area contributed by atoms with E-state index in [0.717, 1.165) is 48.2 Å². The van der Waals surface area contributed by atoms with Crippen LogP contribution in [0.15, 0.2) is 79.5 Å². The van der Waals surface area contributed by atoms with Crippen LogP contribution >= 0.6 is 0 Å². The molecule has 2 amide bonds. The van der Waals surface area contributed by atoms with Gasteiger partial charge in [-0.3, -0.25) is 19.3 Å². The maximum atomic E-state index is 12.6. The van der Waals surface area contributed by atoms with E-state index in [2.05, 4.69) is 20.7 Å². The van der Waals surface area contributed by atoms with E-state index in [0.29, 0.717) is 5.69 Å². The lowest BCUT2D eigenvalue weighted by atomic mass is 10.1. The molecule has 4 aromatic rings. The number of hydrogen-bond donors (Lipinski definition) is 2. The van der Waals surface area contributed by atoms with Crippen LogP contribution in [0.2, 0.25) is 0 Å². The zero-order chi connectivity index (χ0) is 24.7. The second kappa shape index (κ2) is 10.8. The number of nitrogens with one attached hydrogen (secondary N) is 2. The zero-order valence-electron chi connectivity index (χ0n) is 19.7. The second-order valence-corrected chi connectivity index (χ2v) is 8.75. The second-order valence-electron chi connectivity index (χ2n) is 8.75. The molecule has 5 rings (SSSR count). The molecule has 0 aliphatic heterocycles. The standard InChI is InChI=1S/C27H27N7O2/c35-25(31-23-16-29-33(18-23)19-26(36)30-22-8-4-5-9-22)13-12-21-17-34(24-10-2-1-3-11-24)32-27(21)20-7-6-14-28-15-20/h1-3,6-7,10-18,22H,4-5,8-9,19H2,(H,30,36)(H,31,35)/b13-12+. The monoisotopic (exact) mass is 481 g/mol. The summed E-state index contributed by atoms with van der Waals surface area (Å²) >= 11 is 0. The summed E-state index contributed by atoms with van der Waals surface area (Å²) in [7, 11) is 0. The van der Waals surface area contributed by atoms with Crippen LogP contribution in [0.5, 0.6) is 0 Å². The SMILES string of the molecule is O=C(/C=C/c1cn(-c2ccccc2)nc1-c1cccnc1)Nc1cnn(CC(=O)NC2CCCC2)c1. The Kier molecular flexibility index (Phi) is 6.98.